The monoisotopic (exact) mass is 359 g/mol. The predicted molar refractivity (Wildman–Crippen MR) is 98.2 cm³/mol. The van der Waals surface area contributed by atoms with Gasteiger partial charge in [-0.1, -0.05) is 0 Å². The molecule has 4 aliphatic carbocycles. The maximum Gasteiger partial charge on any atom is 0.335 e. The number of carbonyl (C=O) groups is 2. The highest BCUT2D eigenvalue weighted by Crippen LogP contribution is 2.61. The Morgan fingerprint density at radius 1 is 1.08 bits per heavy atom. The van der Waals surface area contributed by atoms with Crippen molar-refractivity contribution in [3.8, 4) is 0 Å². The second-order valence-electron chi connectivity index (χ2n) is 8.48. The van der Waals surface area contributed by atoms with Crippen LogP contribution in [0.1, 0.15) is 54.4 Å². The molecule has 1 amide bonds. The summed E-state index contributed by atoms with van der Waals surface area (Å²) in [5.41, 5.74) is 1.54. The SMILES string of the molecule is CN(C)C(=O)Sc1ccc(C(=O)O)cc1C12CC3CC(CC(C3)C1)C2. The minimum absolute atomic E-state index is 0.00551. The van der Waals surface area contributed by atoms with Gasteiger partial charge >= 0.3 is 5.97 Å². The molecule has 25 heavy (non-hydrogen) atoms. The first kappa shape index (κ1) is 17.0. The van der Waals surface area contributed by atoms with E-state index in [9.17, 15) is 14.7 Å². The minimum atomic E-state index is -0.888. The summed E-state index contributed by atoms with van der Waals surface area (Å²) in [4.78, 5) is 26.4. The summed E-state index contributed by atoms with van der Waals surface area (Å²) in [5.74, 6) is 1.45. The molecule has 5 heteroatoms. The van der Waals surface area contributed by atoms with Crippen LogP contribution in [0.4, 0.5) is 4.79 Å². The van der Waals surface area contributed by atoms with Crippen molar-refractivity contribution in [3.05, 3.63) is 29.3 Å². The number of amides is 1. The molecule has 0 heterocycles. The van der Waals surface area contributed by atoms with Crippen molar-refractivity contribution >= 4 is 23.0 Å². The lowest BCUT2D eigenvalue weighted by atomic mass is 9.48. The van der Waals surface area contributed by atoms with E-state index < -0.39 is 5.97 Å². The molecule has 4 nitrogen and oxygen atoms in total. The number of hydrogen-bond acceptors (Lipinski definition) is 3. The van der Waals surface area contributed by atoms with Gasteiger partial charge in [0.25, 0.3) is 5.24 Å². The third-order valence-corrected chi connectivity index (χ3v) is 7.51. The lowest BCUT2D eigenvalue weighted by molar-refractivity contribution is -0.00641. The molecule has 4 saturated carbocycles. The molecule has 0 aliphatic heterocycles. The average Bonchev–Trinajstić information content (AvgIpc) is 2.53. The molecule has 1 aromatic rings. The predicted octanol–water partition coefficient (Wildman–Crippen LogP) is 4.63. The van der Waals surface area contributed by atoms with Crippen LogP contribution in [0.3, 0.4) is 0 Å². The number of thioether (sulfide) groups is 1. The summed E-state index contributed by atoms with van der Waals surface area (Å²) in [7, 11) is 3.51. The largest absolute Gasteiger partial charge is 0.478 e. The molecule has 4 fully saturated rings. The summed E-state index contributed by atoms with van der Waals surface area (Å²) >= 11 is 1.24. The van der Waals surface area contributed by atoms with Gasteiger partial charge in [0.1, 0.15) is 0 Å². The number of rotatable bonds is 3. The maximum absolute atomic E-state index is 12.3. The molecule has 0 unspecified atom stereocenters. The van der Waals surface area contributed by atoms with Gasteiger partial charge in [0.05, 0.1) is 5.56 Å². The molecule has 4 aliphatic rings. The van der Waals surface area contributed by atoms with E-state index in [1.165, 1.54) is 31.0 Å². The van der Waals surface area contributed by atoms with Gasteiger partial charge in [-0.05, 0) is 97.2 Å². The van der Waals surface area contributed by atoms with Crippen LogP contribution in [0.15, 0.2) is 23.1 Å². The van der Waals surface area contributed by atoms with E-state index in [1.807, 2.05) is 12.1 Å². The van der Waals surface area contributed by atoms with Crippen molar-refractivity contribution in [2.75, 3.05) is 14.1 Å². The maximum atomic E-state index is 12.3. The van der Waals surface area contributed by atoms with Gasteiger partial charge in [0.2, 0.25) is 0 Å². The van der Waals surface area contributed by atoms with E-state index in [4.69, 9.17) is 0 Å². The standard InChI is InChI=1S/C20H25NO3S/c1-21(2)19(24)25-17-4-3-15(18(22)23)8-16(17)20-9-12-5-13(10-20)7-14(6-12)11-20/h3-4,8,12-14H,5-7,9-11H2,1-2H3,(H,22,23). The Labute approximate surface area is 153 Å². The van der Waals surface area contributed by atoms with Crippen LogP contribution in [0.5, 0.6) is 0 Å². The minimum Gasteiger partial charge on any atom is -0.478 e. The van der Waals surface area contributed by atoms with Crippen LogP contribution in [0, 0.1) is 17.8 Å². The molecular formula is C20H25NO3S. The molecule has 4 bridgehead atoms. The Bertz CT molecular complexity index is 692. The van der Waals surface area contributed by atoms with Gasteiger partial charge in [-0.3, -0.25) is 4.79 Å². The van der Waals surface area contributed by atoms with Gasteiger partial charge in [-0.2, -0.15) is 0 Å². The van der Waals surface area contributed by atoms with Crippen molar-refractivity contribution in [2.24, 2.45) is 17.8 Å². The number of nitrogens with zero attached hydrogens (tertiary/aromatic N) is 1. The van der Waals surface area contributed by atoms with Crippen molar-refractivity contribution in [3.63, 3.8) is 0 Å². The van der Waals surface area contributed by atoms with Crippen molar-refractivity contribution in [1.82, 2.24) is 4.90 Å². The topological polar surface area (TPSA) is 57.6 Å². The summed E-state index contributed by atoms with van der Waals surface area (Å²) < 4.78 is 0. The normalized spacial score (nSPS) is 32.6. The summed E-state index contributed by atoms with van der Waals surface area (Å²) in [6.07, 6.45) is 7.51. The second-order valence-corrected chi connectivity index (χ2v) is 9.47. The molecule has 0 aromatic heterocycles. The lowest BCUT2D eigenvalue weighted by Crippen LogP contribution is -2.48. The van der Waals surface area contributed by atoms with Crippen molar-refractivity contribution < 1.29 is 14.7 Å². The first-order chi connectivity index (χ1) is 11.9. The summed E-state index contributed by atoms with van der Waals surface area (Å²) in [6, 6.07) is 5.35. The number of carboxylic acids is 1. The fourth-order valence-corrected chi connectivity index (χ4v) is 6.68. The molecule has 1 N–H and O–H groups in total. The molecular weight excluding hydrogens is 334 g/mol. The lowest BCUT2D eigenvalue weighted by Gasteiger charge is -2.57. The van der Waals surface area contributed by atoms with E-state index in [0.29, 0.717) is 5.56 Å². The number of aromatic carboxylic acids is 1. The van der Waals surface area contributed by atoms with Crippen LogP contribution in [0.25, 0.3) is 0 Å². The number of hydrogen-bond donors (Lipinski definition) is 1. The van der Waals surface area contributed by atoms with E-state index in [0.717, 1.165) is 47.5 Å². The molecule has 1 aromatic carbocycles. The molecule has 0 radical (unpaired) electrons. The molecule has 0 atom stereocenters. The Balaban J connectivity index is 1.77. The zero-order chi connectivity index (χ0) is 17.8. The average molecular weight is 359 g/mol. The van der Waals surface area contributed by atoms with Gasteiger partial charge in [0.15, 0.2) is 0 Å². The van der Waals surface area contributed by atoms with Crippen molar-refractivity contribution in [1.29, 1.82) is 0 Å². The summed E-state index contributed by atoms with van der Waals surface area (Å²) in [6.45, 7) is 0. The van der Waals surface area contributed by atoms with Crippen LogP contribution >= 0.6 is 11.8 Å². The van der Waals surface area contributed by atoms with E-state index in [1.54, 1.807) is 25.1 Å². The number of benzene rings is 1. The zero-order valence-electron chi connectivity index (χ0n) is 14.8. The third-order valence-electron chi connectivity index (χ3n) is 6.40. The van der Waals surface area contributed by atoms with Gasteiger partial charge in [0, 0.05) is 19.0 Å². The Morgan fingerprint density at radius 3 is 2.12 bits per heavy atom. The first-order valence-corrected chi connectivity index (χ1v) is 9.95. The quantitative estimate of drug-likeness (QED) is 0.800. The Kier molecular flexibility index (Phi) is 4.10. The van der Waals surface area contributed by atoms with E-state index in [2.05, 4.69) is 0 Å². The fourth-order valence-electron chi connectivity index (χ4n) is 5.79. The van der Waals surface area contributed by atoms with E-state index >= 15 is 0 Å². The van der Waals surface area contributed by atoms with Crippen LogP contribution < -0.4 is 0 Å². The van der Waals surface area contributed by atoms with Crippen molar-refractivity contribution in [2.45, 2.75) is 48.8 Å². The highest BCUT2D eigenvalue weighted by molar-refractivity contribution is 8.13. The Hall–Kier alpha value is -1.49. The first-order valence-electron chi connectivity index (χ1n) is 9.13. The molecule has 5 rings (SSSR count). The summed E-state index contributed by atoms with van der Waals surface area (Å²) in [5, 5.41) is 9.46. The smallest absolute Gasteiger partial charge is 0.335 e. The number of carbonyl (C=O) groups excluding carboxylic acids is 1. The highest BCUT2D eigenvalue weighted by Gasteiger charge is 2.52. The molecule has 134 valence electrons. The fraction of sp³-hybridized carbons (Fsp3) is 0.600. The van der Waals surface area contributed by atoms with E-state index in [-0.39, 0.29) is 10.7 Å². The highest BCUT2D eigenvalue weighted by atomic mass is 32.2. The molecule has 0 spiro atoms. The Morgan fingerprint density at radius 2 is 1.64 bits per heavy atom. The zero-order valence-corrected chi connectivity index (χ0v) is 15.6. The van der Waals surface area contributed by atoms with Crippen LogP contribution in [0.2, 0.25) is 0 Å². The third kappa shape index (κ3) is 2.97. The van der Waals surface area contributed by atoms with Gasteiger partial charge < -0.3 is 10.0 Å². The number of carboxylic acid groups (broad SMARTS) is 1. The van der Waals surface area contributed by atoms with Crippen LogP contribution in [-0.2, 0) is 5.41 Å². The second kappa shape index (κ2) is 6.04. The van der Waals surface area contributed by atoms with Gasteiger partial charge in [-0.25, -0.2) is 4.79 Å². The molecule has 0 saturated heterocycles. The van der Waals surface area contributed by atoms with Crippen LogP contribution in [-0.4, -0.2) is 35.3 Å². The van der Waals surface area contributed by atoms with Gasteiger partial charge in [-0.15, -0.1) is 0 Å².